The third kappa shape index (κ3) is 2.72. The molecule has 2 spiro atoms. The fourth-order valence-electron chi connectivity index (χ4n) is 11.2. The van der Waals surface area contributed by atoms with Gasteiger partial charge in [0.2, 0.25) is 0 Å². The molecular weight excluding hydrogens is 372 g/mol. The lowest BCUT2D eigenvalue weighted by Gasteiger charge is -2.61. The Morgan fingerprint density at radius 1 is 0.871 bits per heavy atom. The van der Waals surface area contributed by atoms with Crippen LogP contribution in [0.15, 0.2) is 12.2 Å². The molecule has 0 bridgehead atoms. The van der Waals surface area contributed by atoms with E-state index in [9.17, 15) is 0 Å². The summed E-state index contributed by atoms with van der Waals surface area (Å²) in [5.74, 6) is 4.69. The standard InChI is InChI=1S/C31H52/c1-21(11-10-15-26(3,4)5)23-14-16-29(9)25-13-12-24-27(6,7)22(2)19-31(24)20-30(25,31)18-17-28(23,29)8/h10,15,21-25H,11-14,16-20H2,1-9H3/b15-10+. The van der Waals surface area contributed by atoms with Crippen LogP contribution in [0.4, 0.5) is 0 Å². The van der Waals surface area contributed by atoms with Gasteiger partial charge in [0.15, 0.2) is 0 Å². The Hall–Kier alpha value is -0.260. The van der Waals surface area contributed by atoms with Crippen LogP contribution in [-0.4, -0.2) is 0 Å². The maximum absolute atomic E-state index is 2.78. The predicted octanol–water partition coefficient (Wildman–Crippen LogP) is 9.30. The van der Waals surface area contributed by atoms with Crippen molar-refractivity contribution in [3.05, 3.63) is 12.2 Å². The van der Waals surface area contributed by atoms with Crippen LogP contribution in [0.3, 0.4) is 0 Å². The summed E-state index contributed by atoms with van der Waals surface area (Å²) < 4.78 is 0. The molecule has 0 heteroatoms. The van der Waals surface area contributed by atoms with E-state index in [2.05, 4.69) is 74.5 Å². The maximum atomic E-state index is 2.78. The third-order valence-electron chi connectivity index (χ3n) is 13.2. The number of hydrogen-bond donors (Lipinski definition) is 0. The Morgan fingerprint density at radius 3 is 2.23 bits per heavy atom. The highest BCUT2D eigenvalue weighted by atomic mass is 14.9. The fraction of sp³-hybridized carbons (Fsp3) is 0.935. The van der Waals surface area contributed by atoms with Gasteiger partial charge in [-0.05, 0) is 120 Å². The van der Waals surface area contributed by atoms with Crippen molar-refractivity contribution in [3.8, 4) is 0 Å². The minimum absolute atomic E-state index is 0.316. The summed E-state index contributed by atoms with van der Waals surface area (Å²) in [4.78, 5) is 0. The monoisotopic (exact) mass is 424 g/mol. The summed E-state index contributed by atoms with van der Waals surface area (Å²) in [6.07, 6.45) is 18.5. The molecule has 176 valence electrons. The van der Waals surface area contributed by atoms with E-state index in [1.807, 2.05) is 0 Å². The van der Waals surface area contributed by atoms with Gasteiger partial charge < -0.3 is 0 Å². The van der Waals surface area contributed by atoms with Gasteiger partial charge in [-0.25, -0.2) is 0 Å². The van der Waals surface area contributed by atoms with Crippen molar-refractivity contribution >= 4 is 0 Å². The molecule has 0 radical (unpaired) electrons. The second-order valence-corrected chi connectivity index (χ2v) is 15.6. The normalized spacial score (nSPS) is 53.6. The quantitative estimate of drug-likeness (QED) is 0.396. The first-order valence-electron chi connectivity index (χ1n) is 13.9. The molecule has 31 heavy (non-hydrogen) atoms. The highest BCUT2D eigenvalue weighted by Gasteiger charge is 2.83. The van der Waals surface area contributed by atoms with Crippen LogP contribution in [0.2, 0.25) is 0 Å². The van der Waals surface area contributed by atoms with Crippen LogP contribution >= 0.6 is 0 Å². The number of rotatable bonds is 3. The van der Waals surface area contributed by atoms with Gasteiger partial charge in [-0.2, -0.15) is 0 Å². The Labute approximate surface area is 194 Å². The van der Waals surface area contributed by atoms with Crippen molar-refractivity contribution in [1.82, 2.24) is 0 Å². The zero-order valence-corrected chi connectivity index (χ0v) is 22.4. The van der Waals surface area contributed by atoms with Crippen molar-refractivity contribution in [2.24, 2.45) is 62.1 Å². The van der Waals surface area contributed by atoms with Gasteiger partial charge in [0.25, 0.3) is 0 Å². The van der Waals surface area contributed by atoms with Gasteiger partial charge in [0.05, 0.1) is 0 Å². The van der Waals surface area contributed by atoms with Gasteiger partial charge in [-0.1, -0.05) is 74.5 Å². The van der Waals surface area contributed by atoms with Gasteiger partial charge in [-0.15, -0.1) is 0 Å². The van der Waals surface area contributed by atoms with Crippen molar-refractivity contribution in [1.29, 1.82) is 0 Å². The summed E-state index contributed by atoms with van der Waals surface area (Å²) in [5.41, 5.74) is 3.51. The molecule has 0 aliphatic heterocycles. The maximum Gasteiger partial charge on any atom is -0.0196 e. The molecule has 0 N–H and O–H groups in total. The molecule has 5 fully saturated rings. The Morgan fingerprint density at radius 2 is 1.55 bits per heavy atom. The Kier molecular flexibility index (Phi) is 4.68. The van der Waals surface area contributed by atoms with Crippen molar-refractivity contribution in [2.75, 3.05) is 0 Å². The summed E-state index contributed by atoms with van der Waals surface area (Å²) >= 11 is 0. The second kappa shape index (κ2) is 6.44. The molecule has 5 aliphatic carbocycles. The fourth-order valence-corrected chi connectivity index (χ4v) is 11.2. The van der Waals surface area contributed by atoms with E-state index in [1.54, 1.807) is 25.7 Å². The average molecular weight is 425 g/mol. The second-order valence-electron chi connectivity index (χ2n) is 15.6. The molecule has 9 atom stereocenters. The molecular formula is C31H52. The summed E-state index contributed by atoms with van der Waals surface area (Å²) in [6.45, 7) is 22.9. The van der Waals surface area contributed by atoms with Crippen molar-refractivity contribution in [2.45, 2.75) is 120 Å². The van der Waals surface area contributed by atoms with E-state index in [1.165, 1.54) is 32.1 Å². The third-order valence-corrected chi connectivity index (χ3v) is 13.2. The van der Waals surface area contributed by atoms with Crippen molar-refractivity contribution in [3.63, 3.8) is 0 Å². The molecule has 5 saturated carbocycles. The first-order valence-corrected chi connectivity index (χ1v) is 13.9. The summed E-state index contributed by atoms with van der Waals surface area (Å²) in [5, 5.41) is 0. The Bertz CT molecular complexity index is 765. The minimum Gasteiger partial charge on any atom is -0.0877 e. The van der Waals surface area contributed by atoms with E-state index in [0.717, 1.165) is 40.4 Å². The van der Waals surface area contributed by atoms with Gasteiger partial charge >= 0.3 is 0 Å². The summed E-state index contributed by atoms with van der Waals surface area (Å²) in [7, 11) is 0. The molecule has 0 aromatic heterocycles. The van der Waals surface area contributed by atoms with Crippen LogP contribution in [0.25, 0.3) is 0 Å². The first-order chi connectivity index (χ1) is 14.2. The zero-order valence-electron chi connectivity index (χ0n) is 22.4. The number of hydrogen-bond acceptors (Lipinski definition) is 0. The smallest absolute Gasteiger partial charge is 0.0196 e. The molecule has 0 amide bonds. The summed E-state index contributed by atoms with van der Waals surface area (Å²) in [6, 6.07) is 0. The molecule has 5 aliphatic rings. The number of allylic oxidation sites excluding steroid dienone is 2. The molecule has 0 aromatic rings. The highest BCUT2D eigenvalue weighted by Crippen LogP contribution is 2.90. The molecule has 0 nitrogen and oxygen atoms in total. The van der Waals surface area contributed by atoms with Crippen molar-refractivity contribution < 1.29 is 0 Å². The molecule has 0 aromatic carbocycles. The Balaban J connectivity index is 1.40. The van der Waals surface area contributed by atoms with Crippen LogP contribution in [0, 0.1) is 62.1 Å². The van der Waals surface area contributed by atoms with Crippen LogP contribution in [-0.2, 0) is 0 Å². The molecule has 5 rings (SSSR count). The van der Waals surface area contributed by atoms with E-state index >= 15 is 0 Å². The largest absolute Gasteiger partial charge is 0.0877 e. The lowest BCUT2D eigenvalue weighted by molar-refractivity contribution is -0.123. The van der Waals surface area contributed by atoms with Gasteiger partial charge in [0.1, 0.15) is 0 Å². The van der Waals surface area contributed by atoms with E-state index in [-0.39, 0.29) is 0 Å². The SMILES string of the molecule is CC(C/C=C/C(C)(C)C)C1CCC2(C)C3CCC4C(C)(C)C(C)CC45CC35CCC12C. The van der Waals surface area contributed by atoms with E-state index < -0.39 is 0 Å². The van der Waals surface area contributed by atoms with Crippen LogP contribution in [0.1, 0.15) is 120 Å². The van der Waals surface area contributed by atoms with Crippen LogP contribution in [0.5, 0.6) is 0 Å². The van der Waals surface area contributed by atoms with Gasteiger partial charge in [-0.3, -0.25) is 0 Å². The molecule has 0 heterocycles. The van der Waals surface area contributed by atoms with Crippen LogP contribution < -0.4 is 0 Å². The van der Waals surface area contributed by atoms with E-state index in [4.69, 9.17) is 0 Å². The minimum atomic E-state index is 0.316. The predicted molar refractivity (Wildman–Crippen MR) is 134 cm³/mol. The molecule has 0 saturated heterocycles. The first kappa shape index (κ1) is 22.5. The van der Waals surface area contributed by atoms with Gasteiger partial charge in [0, 0.05) is 0 Å². The average Bonchev–Trinajstić information content (AvgIpc) is 3.15. The lowest BCUT2D eigenvalue weighted by atomic mass is 9.44. The highest BCUT2D eigenvalue weighted by molar-refractivity contribution is 5.31. The topological polar surface area (TPSA) is 0 Å². The number of fused-ring (bicyclic) bond motifs is 2. The zero-order chi connectivity index (χ0) is 22.7. The van der Waals surface area contributed by atoms with E-state index in [0.29, 0.717) is 21.7 Å². The lowest BCUT2D eigenvalue weighted by Crippen LogP contribution is -2.54. The molecule has 9 unspecified atom stereocenters.